The van der Waals surface area contributed by atoms with Gasteiger partial charge in [-0.3, -0.25) is 9.59 Å². The maximum Gasteiger partial charge on any atom is 0.303 e. The van der Waals surface area contributed by atoms with Gasteiger partial charge < -0.3 is 10.0 Å². The molecule has 1 aliphatic rings. The molecule has 1 aromatic carbocycles. The number of tetrazole rings is 1. The summed E-state index contributed by atoms with van der Waals surface area (Å²) in [5.74, 6) is -0.665. The van der Waals surface area contributed by atoms with Crippen LogP contribution in [0.15, 0.2) is 30.6 Å². The molecule has 8 heteroatoms. The molecule has 0 saturated carbocycles. The van der Waals surface area contributed by atoms with Crippen LogP contribution in [0.4, 0.5) is 0 Å². The van der Waals surface area contributed by atoms with Gasteiger partial charge in [-0.2, -0.15) is 0 Å². The number of hydrogen-bond acceptors (Lipinski definition) is 5. The minimum Gasteiger partial charge on any atom is -0.481 e. The number of piperidine rings is 1. The first kappa shape index (κ1) is 15.1. The van der Waals surface area contributed by atoms with Gasteiger partial charge in [0.2, 0.25) is 0 Å². The third-order valence-electron chi connectivity index (χ3n) is 4.07. The lowest BCUT2D eigenvalue weighted by Crippen LogP contribution is -2.38. The Morgan fingerprint density at radius 2 is 2.04 bits per heavy atom. The highest BCUT2D eigenvalue weighted by Gasteiger charge is 2.25. The number of aromatic nitrogens is 4. The van der Waals surface area contributed by atoms with Gasteiger partial charge in [-0.05, 0) is 47.4 Å². The zero-order valence-electron chi connectivity index (χ0n) is 12.5. The van der Waals surface area contributed by atoms with Crippen molar-refractivity contribution in [3.05, 3.63) is 36.2 Å². The Balaban J connectivity index is 1.67. The Labute approximate surface area is 132 Å². The lowest BCUT2D eigenvalue weighted by atomic mass is 9.93. The molecule has 1 amide bonds. The number of aliphatic carboxylic acids is 1. The average Bonchev–Trinajstić information content (AvgIpc) is 3.09. The van der Waals surface area contributed by atoms with Crippen LogP contribution in [-0.2, 0) is 4.79 Å². The highest BCUT2D eigenvalue weighted by molar-refractivity contribution is 5.94. The molecule has 2 heterocycles. The fourth-order valence-electron chi connectivity index (χ4n) is 2.83. The molecule has 3 rings (SSSR count). The quantitative estimate of drug-likeness (QED) is 0.903. The molecule has 0 spiro atoms. The zero-order valence-corrected chi connectivity index (χ0v) is 12.5. The van der Waals surface area contributed by atoms with Crippen LogP contribution in [-0.4, -0.2) is 55.2 Å². The molecule has 0 radical (unpaired) electrons. The fourth-order valence-corrected chi connectivity index (χ4v) is 2.83. The normalized spacial score (nSPS) is 15.6. The van der Waals surface area contributed by atoms with Gasteiger partial charge in [0.1, 0.15) is 6.33 Å². The topological polar surface area (TPSA) is 101 Å². The Hall–Kier alpha value is -2.77. The van der Waals surface area contributed by atoms with Gasteiger partial charge in [0.05, 0.1) is 5.69 Å². The third-order valence-corrected chi connectivity index (χ3v) is 4.07. The van der Waals surface area contributed by atoms with Gasteiger partial charge in [0.25, 0.3) is 5.91 Å². The van der Waals surface area contributed by atoms with Crippen molar-refractivity contribution in [2.24, 2.45) is 5.92 Å². The van der Waals surface area contributed by atoms with Crippen LogP contribution in [0.25, 0.3) is 5.69 Å². The van der Waals surface area contributed by atoms with Crippen molar-refractivity contribution in [3.63, 3.8) is 0 Å². The van der Waals surface area contributed by atoms with E-state index in [4.69, 9.17) is 5.11 Å². The van der Waals surface area contributed by atoms with E-state index in [9.17, 15) is 9.59 Å². The van der Waals surface area contributed by atoms with Crippen molar-refractivity contribution >= 4 is 11.9 Å². The summed E-state index contributed by atoms with van der Waals surface area (Å²) in [5.41, 5.74) is 1.30. The summed E-state index contributed by atoms with van der Waals surface area (Å²) in [6.45, 7) is 1.18. The first-order valence-electron chi connectivity index (χ1n) is 7.48. The number of likely N-dealkylation sites (tertiary alicyclic amines) is 1. The molecule has 1 aromatic heterocycles. The first-order chi connectivity index (χ1) is 11.1. The van der Waals surface area contributed by atoms with E-state index in [1.54, 1.807) is 23.1 Å². The number of carbonyl (C=O) groups is 2. The molecular weight excluding hydrogens is 298 g/mol. The van der Waals surface area contributed by atoms with Crippen LogP contribution in [0.2, 0.25) is 0 Å². The Morgan fingerprint density at radius 3 is 2.70 bits per heavy atom. The number of carboxylic acid groups (broad SMARTS) is 1. The lowest BCUT2D eigenvalue weighted by Gasteiger charge is -2.31. The van der Waals surface area contributed by atoms with Crippen molar-refractivity contribution in [2.75, 3.05) is 13.1 Å². The Bertz CT molecular complexity index is 693. The van der Waals surface area contributed by atoms with Crippen LogP contribution in [0.3, 0.4) is 0 Å². The van der Waals surface area contributed by atoms with Gasteiger partial charge in [0, 0.05) is 25.1 Å². The van der Waals surface area contributed by atoms with Crippen molar-refractivity contribution in [3.8, 4) is 5.69 Å². The van der Waals surface area contributed by atoms with Crippen LogP contribution in [0.5, 0.6) is 0 Å². The molecule has 8 nitrogen and oxygen atoms in total. The van der Waals surface area contributed by atoms with E-state index in [0.717, 1.165) is 18.5 Å². The summed E-state index contributed by atoms with van der Waals surface area (Å²) in [7, 11) is 0. The van der Waals surface area contributed by atoms with E-state index >= 15 is 0 Å². The van der Waals surface area contributed by atoms with E-state index < -0.39 is 5.97 Å². The molecular formula is C15H17N5O3. The van der Waals surface area contributed by atoms with Gasteiger partial charge in [-0.1, -0.05) is 6.07 Å². The first-order valence-corrected chi connectivity index (χ1v) is 7.48. The number of carbonyl (C=O) groups excluding carboxylic acids is 1. The summed E-state index contributed by atoms with van der Waals surface area (Å²) < 4.78 is 1.50. The standard InChI is InChI=1S/C15H17N5O3/c21-14(22)8-11-4-6-19(7-5-11)15(23)12-2-1-3-13(9-12)20-10-16-17-18-20/h1-3,9-11H,4-8H2,(H,21,22). The fraction of sp³-hybridized carbons (Fsp3) is 0.400. The minimum atomic E-state index is -0.774. The minimum absolute atomic E-state index is 0.0475. The molecule has 1 N–H and O–H groups in total. The molecule has 1 aliphatic heterocycles. The number of nitrogens with zero attached hydrogens (tertiary/aromatic N) is 5. The van der Waals surface area contributed by atoms with E-state index in [1.807, 2.05) is 6.07 Å². The average molecular weight is 315 g/mol. The molecule has 1 saturated heterocycles. The molecule has 2 aromatic rings. The Kier molecular flexibility index (Phi) is 4.31. The summed E-state index contributed by atoms with van der Waals surface area (Å²) >= 11 is 0. The van der Waals surface area contributed by atoms with Gasteiger partial charge in [0.15, 0.2) is 0 Å². The van der Waals surface area contributed by atoms with Crippen molar-refractivity contribution in [2.45, 2.75) is 19.3 Å². The summed E-state index contributed by atoms with van der Waals surface area (Å²) in [6.07, 6.45) is 3.10. The zero-order chi connectivity index (χ0) is 16.2. The third kappa shape index (κ3) is 3.53. The largest absolute Gasteiger partial charge is 0.481 e. The predicted octanol–water partition coefficient (Wildman–Crippen LogP) is 0.989. The molecule has 0 atom stereocenters. The maximum atomic E-state index is 12.6. The van der Waals surface area contributed by atoms with Crippen molar-refractivity contribution < 1.29 is 14.7 Å². The van der Waals surface area contributed by atoms with Crippen LogP contribution in [0, 0.1) is 5.92 Å². The van der Waals surface area contributed by atoms with Crippen LogP contribution >= 0.6 is 0 Å². The molecule has 0 unspecified atom stereocenters. The molecule has 1 fully saturated rings. The molecule has 23 heavy (non-hydrogen) atoms. The second-order valence-electron chi connectivity index (χ2n) is 5.64. The monoisotopic (exact) mass is 315 g/mol. The summed E-state index contributed by atoms with van der Waals surface area (Å²) in [4.78, 5) is 25.1. The van der Waals surface area contributed by atoms with Gasteiger partial charge in [-0.15, -0.1) is 5.10 Å². The maximum absolute atomic E-state index is 12.6. The molecule has 120 valence electrons. The summed E-state index contributed by atoms with van der Waals surface area (Å²) in [5, 5.41) is 19.8. The van der Waals surface area contributed by atoms with Crippen molar-refractivity contribution in [1.29, 1.82) is 0 Å². The molecule has 0 aliphatic carbocycles. The number of benzene rings is 1. The van der Waals surface area contributed by atoms with E-state index in [-0.39, 0.29) is 18.2 Å². The van der Waals surface area contributed by atoms with E-state index in [2.05, 4.69) is 15.5 Å². The lowest BCUT2D eigenvalue weighted by molar-refractivity contribution is -0.138. The summed E-state index contributed by atoms with van der Waals surface area (Å²) in [6, 6.07) is 7.13. The van der Waals surface area contributed by atoms with E-state index in [1.165, 1.54) is 11.0 Å². The highest BCUT2D eigenvalue weighted by atomic mass is 16.4. The number of rotatable bonds is 4. The number of carboxylic acids is 1. The van der Waals surface area contributed by atoms with E-state index in [0.29, 0.717) is 18.7 Å². The predicted molar refractivity (Wildman–Crippen MR) is 80.0 cm³/mol. The second kappa shape index (κ2) is 6.55. The van der Waals surface area contributed by atoms with Crippen LogP contribution < -0.4 is 0 Å². The SMILES string of the molecule is O=C(O)CC1CCN(C(=O)c2cccc(-n3cnnn3)c2)CC1. The smallest absolute Gasteiger partial charge is 0.303 e. The molecule has 0 bridgehead atoms. The number of amides is 1. The Morgan fingerprint density at radius 1 is 1.26 bits per heavy atom. The van der Waals surface area contributed by atoms with Crippen LogP contribution in [0.1, 0.15) is 29.6 Å². The number of hydrogen-bond donors (Lipinski definition) is 1. The van der Waals surface area contributed by atoms with Gasteiger partial charge in [-0.25, -0.2) is 4.68 Å². The van der Waals surface area contributed by atoms with Crippen molar-refractivity contribution in [1.82, 2.24) is 25.1 Å². The highest BCUT2D eigenvalue weighted by Crippen LogP contribution is 2.22. The van der Waals surface area contributed by atoms with Gasteiger partial charge >= 0.3 is 5.97 Å². The second-order valence-corrected chi connectivity index (χ2v) is 5.64.